The average molecular weight is 302 g/mol. The van der Waals surface area contributed by atoms with Crippen LogP contribution in [-0.2, 0) is 21.3 Å². The van der Waals surface area contributed by atoms with E-state index in [1.54, 1.807) is 18.0 Å². The predicted octanol–water partition coefficient (Wildman–Crippen LogP) is -0.0980. The second kappa shape index (κ2) is 6.66. The highest BCUT2D eigenvalue weighted by Gasteiger charge is 2.33. The van der Waals surface area contributed by atoms with Crippen molar-refractivity contribution in [2.75, 3.05) is 33.3 Å². The Morgan fingerprint density at radius 3 is 3.00 bits per heavy atom. The maximum atomic E-state index is 12.4. The molecule has 8 heteroatoms. The molecule has 0 amide bonds. The third-order valence-corrected chi connectivity index (χ3v) is 5.27. The zero-order valence-electron chi connectivity index (χ0n) is 11.9. The molecule has 1 aliphatic heterocycles. The minimum absolute atomic E-state index is 0.00595. The molecule has 2 heterocycles. The van der Waals surface area contributed by atoms with E-state index < -0.39 is 10.0 Å². The fourth-order valence-electron chi connectivity index (χ4n) is 2.23. The van der Waals surface area contributed by atoms with Gasteiger partial charge in [-0.3, -0.25) is 4.68 Å². The molecule has 2 rings (SSSR count). The molecule has 1 aromatic heterocycles. The summed E-state index contributed by atoms with van der Waals surface area (Å²) in [5, 5.41) is 7.28. The molecule has 0 spiro atoms. The van der Waals surface area contributed by atoms with Gasteiger partial charge in [0.15, 0.2) is 0 Å². The molecule has 20 heavy (non-hydrogen) atoms. The van der Waals surface area contributed by atoms with Crippen LogP contribution < -0.4 is 5.32 Å². The van der Waals surface area contributed by atoms with Gasteiger partial charge in [0.25, 0.3) is 0 Å². The van der Waals surface area contributed by atoms with Gasteiger partial charge < -0.3 is 10.1 Å². The number of rotatable bonds is 7. The monoisotopic (exact) mass is 302 g/mol. The molecule has 1 saturated heterocycles. The highest BCUT2D eigenvalue weighted by molar-refractivity contribution is 7.89. The predicted molar refractivity (Wildman–Crippen MR) is 74.9 cm³/mol. The summed E-state index contributed by atoms with van der Waals surface area (Å²) in [6.45, 7) is 5.26. The van der Waals surface area contributed by atoms with Crippen molar-refractivity contribution in [1.29, 1.82) is 0 Å². The Hall–Kier alpha value is -0.960. The molecule has 1 atom stereocenters. The van der Waals surface area contributed by atoms with E-state index in [0.717, 1.165) is 19.5 Å². The lowest BCUT2D eigenvalue weighted by Gasteiger charge is -2.14. The van der Waals surface area contributed by atoms with Gasteiger partial charge in [0.1, 0.15) is 4.90 Å². The quantitative estimate of drug-likeness (QED) is 0.712. The summed E-state index contributed by atoms with van der Waals surface area (Å²) in [6.07, 6.45) is 3.74. The molecule has 114 valence electrons. The zero-order valence-corrected chi connectivity index (χ0v) is 12.8. The van der Waals surface area contributed by atoms with E-state index in [4.69, 9.17) is 4.74 Å². The van der Waals surface area contributed by atoms with Crippen LogP contribution in [0.1, 0.15) is 13.3 Å². The molecule has 0 radical (unpaired) electrons. The normalized spacial score (nSPS) is 20.6. The summed E-state index contributed by atoms with van der Waals surface area (Å²) >= 11 is 0. The molecule has 0 aliphatic carbocycles. The number of nitrogens with zero attached hydrogens (tertiary/aromatic N) is 3. The van der Waals surface area contributed by atoms with Crippen molar-refractivity contribution >= 4 is 10.0 Å². The van der Waals surface area contributed by atoms with Crippen LogP contribution in [0.4, 0.5) is 0 Å². The van der Waals surface area contributed by atoms with Gasteiger partial charge in [0, 0.05) is 32.9 Å². The maximum Gasteiger partial charge on any atom is 0.246 e. The third-order valence-electron chi connectivity index (χ3n) is 3.46. The minimum atomic E-state index is -3.44. The van der Waals surface area contributed by atoms with Gasteiger partial charge in [-0.05, 0) is 13.0 Å². The Morgan fingerprint density at radius 2 is 2.35 bits per heavy atom. The van der Waals surface area contributed by atoms with E-state index in [-0.39, 0.29) is 11.0 Å². The summed E-state index contributed by atoms with van der Waals surface area (Å²) in [5.74, 6) is 0. The summed E-state index contributed by atoms with van der Waals surface area (Å²) in [4.78, 5) is 0.255. The summed E-state index contributed by atoms with van der Waals surface area (Å²) in [7, 11) is -1.83. The second-order valence-electron chi connectivity index (χ2n) is 4.80. The Labute approximate surface area is 120 Å². The fraction of sp³-hybridized carbons (Fsp3) is 0.750. The molecule has 1 aliphatic rings. The van der Waals surface area contributed by atoms with Crippen LogP contribution in [0.2, 0.25) is 0 Å². The van der Waals surface area contributed by atoms with Crippen LogP contribution in [-0.4, -0.2) is 61.9 Å². The number of nitrogens with one attached hydrogen (secondary N) is 1. The SMILES string of the molecule is CCNCCn1cc(S(=O)(=O)N2CCC(OC)C2)cn1. The van der Waals surface area contributed by atoms with E-state index in [2.05, 4.69) is 10.4 Å². The van der Waals surface area contributed by atoms with Gasteiger partial charge in [-0.2, -0.15) is 9.40 Å². The van der Waals surface area contributed by atoms with Gasteiger partial charge in [-0.25, -0.2) is 8.42 Å². The van der Waals surface area contributed by atoms with Gasteiger partial charge in [-0.1, -0.05) is 6.92 Å². The van der Waals surface area contributed by atoms with E-state index >= 15 is 0 Å². The summed E-state index contributed by atoms with van der Waals surface area (Å²) < 4.78 is 33.2. The highest BCUT2D eigenvalue weighted by atomic mass is 32.2. The molecule has 0 aromatic carbocycles. The zero-order chi connectivity index (χ0) is 14.6. The van der Waals surface area contributed by atoms with E-state index in [9.17, 15) is 8.42 Å². The lowest BCUT2D eigenvalue weighted by Crippen LogP contribution is -2.29. The molecule has 1 fully saturated rings. The van der Waals surface area contributed by atoms with Crippen molar-refractivity contribution in [2.45, 2.75) is 30.9 Å². The van der Waals surface area contributed by atoms with Crippen LogP contribution in [0.15, 0.2) is 17.3 Å². The smallest absolute Gasteiger partial charge is 0.246 e. The standard InChI is InChI=1S/C12H22N4O3S/c1-3-13-5-7-15-10-12(8-14-15)20(17,18)16-6-4-11(9-16)19-2/h8,10-11,13H,3-7,9H2,1-2H3. The molecule has 1 N–H and O–H groups in total. The lowest BCUT2D eigenvalue weighted by molar-refractivity contribution is 0.115. The largest absolute Gasteiger partial charge is 0.380 e. The van der Waals surface area contributed by atoms with Crippen LogP contribution in [0.3, 0.4) is 0 Å². The van der Waals surface area contributed by atoms with Crippen LogP contribution in [0, 0.1) is 0 Å². The van der Waals surface area contributed by atoms with E-state index in [1.807, 2.05) is 6.92 Å². The number of sulfonamides is 1. The number of methoxy groups -OCH3 is 1. The number of likely N-dealkylation sites (N-methyl/N-ethyl adjacent to an activating group) is 1. The molecule has 1 aromatic rings. The van der Waals surface area contributed by atoms with Crippen molar-refractivity contribution in [1.82, 2.24) is 19.4 Å². The van der Waals surface area contributed by atoms with Gasteiger partial charge >= 0.3 is 0 Å². The fourth-order valence-corrected chi connectivity index (χ4v) is 3.67. The summed E-state index contributed by atoms with van der Waals surface area (Å²) in [5.41, 5.74) is 0. The first-order valence-corrected chi connectivity index (χ1v) is 8.28. The molecule has 7 nitrogen and oxygen atoms in total. The van der Waals surface area contributed by atoms with Crippen molar-refractivity contribution in [3.63, 3.8) is 0 Å². The van der Waals surface area contributed by atoms with Crippen molar-refractivity contribution in [3.8, 4) is 0 Å². The molecule has 1 unspecified atom stereocenters. The lowest BCUT2D eigenvalue weighted by atomic mass is 10.3. The van der Waals surface area contributed by atoms with Crippen LogP contribution in [0.25, 0.3) is 0 Å². The molecular formula is C12H22N4O3S. The van der Waals surface area contributed by atoms with Crippen molar-refractivity contribution in [2.24, 2.45) is 0 Å². The van der Waals surface area contributed by atoms with Crippen molar-refractivity contribution in [3.05, 3.63) is 12.4 Å². The van der Waals surface area contributed by atoms with Crippen molar-refractivity contribution < 1.29 is 13.2 Å². The molecule has 0 saturated carbocycles. The molecule has 0 bridgehead atoms. The number of aromatic nitrogens is 2. The van der Waals surface area contributed by atoms with E-state index in [0.29, 0.717) is 19.6 Å². The highest BCUT2D eigenvalue weighted by Crippen LogP contribution is 2.21. The second-order valence-corrected chi connectivity index (χ2v) is 6.74. The van der Waals surface area contributed by atoms with Crippen LogP contribution in [0.5, 0.6) is 0 Å². The molecular weight excluding hydrogens is 280 g/mol. The summed E-state index contributed by atoms with van der Waals surface area (Å²) in [6, 6.07) is 0. The first kappa shape index (κ1) is 15.4. The van der Waals surface area contributed by atoms with Gasteiger partial charge in [-0.15, -0.1) is 0 Å². The third kappa shape index (κ3) is 3.38. The van der Waals surface area contributed by atoms with Crippen LogP contribution >= 0.6 is 0 Å². The number of hydrogen-bond acceptors (Lipinski definition) is 5. The minimum Gasteiger partial charge on any atom is -0.380 e. The Kier molecular flexibility index (Phi) is 5.14. The van der Waals surface area contributed by atoms with Gasteiger partial charge in [0.05, 0.1) is 18.8 Å². The van der Waals surface area contributed by atoms with E-state index in [1.165, 1.54) is 10.5 Å². The average Bonchev–Trinajstić information content (AvgIpc) is 3.08. The Morgan fingerprint density at radius 1 is 1.55 bits per heavy atom. The topological polar surface area (TPSA) is 76.5 Å². The maximum absolute atomic E-state index is 12.4. The first-order chi connectivity index (χ1) is 9.57. The number of ether oxygens (including phenoxy) is 1. The Bertz CT molecular complexity index is 529. The first-order valence-electron chi connectivity index (χ1n) is 6.84. The number of hydrogen-bond donors (Lipinski definition) is 1. The Balaban J connectivity index is 2.03. The van der Waals surface area contributed by atoms with Gasteiger partial charge in [0.2, 0.25) is 10.0 Å².